The van der Waals surface area contributed by atoms with Gasteiger partial charge in [0.2, 0.25) is 0 Å². The van der Waals surface area contributed by atoms with E-state index in [9.17, 15) is 9.18 Å². The van der Waals surface area contributed by atoms with Crippen LogP contribution in [0.5, 0.6) is 0 Å². The molecule has 2 aromatic heterocycles. The van der Waals surface area contributed by atoms with Gasteiger partial charge in [0.1, 0.15) is 11.6 Å². The Balaban J connectivity index is 1.65. The van der Waals surface area contributed by atoms with Crippen molar-refractivity contribution in [1.82, 2.24) is 9.97 Å². The Morgan fingerprint density at radius 2 is 2.04 bits per heavy atom. The highest BCUT2D eigenvalue weighted by Crippen LogP contribution is 2.44. The predicted molar refractivity (Wildman–Crippen MR) is 90.3 cm³/mol. The van der Waals surface area contributed by atoms with Gasteiger partial charge < -0.3 is 0 Å². The first-order valence-corrected chi connectivity index (χ1v) is 8.18. The average Bonchev–Trinajstić information content (AvgIpc) is 3.40. The van der Waals surface area contributed by atoms with E-state index in [1.54, 1.807) is 24.7 Å². The van der Waals surface area contributed by atoms with Crippen LogP contribution in [0, 0.1) is 5.82 Å². The van der Waals surface area contributed by atoms with Crippen molar-refractivity contribution in [3.05, 3.63) is 71.4 Å². The van der Waals surface area contributed by atoms with E-state index in [2.05, 4.69) is 9.97 Å². The number of carbonyl (C=O) groups is 1. The molecule has 0 amide bonds. The summed E-state index contributed by atoms with van der Waals surface area (Å²) < 4.78 is 13.4. The Kier molecular flexibility index (Phi) is 3.81. The van der Waals surface area contributed by atoms with E-state index in [-0.39, 0.29) is 11.6 Å². The molecule has 1 aliphatic rings. The van der Waals surface area contributed by atoms with Crippen LogP contribution in [0.25, 0.3) is 10.9 Å². The standard InChI is InChI=1S/C20H17FN2O/c21-16-5-6-18-19(10-16)23-12-15(20(18)14-3-4-14)9-17(24)8-13-2-1-7-22-11-13/h1-2,5-7,10-12,14H,3-4,8-9H2. The lowest BCUT2D eigenvalue weighted by atomic mass is 9.95. The molecule has 3 nitrogen and oxygen atoms in total. The normalized spacial score (nSPS) is 14.0. The minimum absolute atomic E-state index is 0.146. The summed E-state index contributed by atoms with van der Waals surface area (Å²) in [6, 6.07) is 8.47. The minimum atomic E-state index is -0.280. The van der Waals surface area contributed by atoms with Crippen molar-refractivity contribution in [2.75, 3.05) is 0 Å². The molecule has 1 fully saturated rings. The lowest BCUT2D eigenvalue weighted by molar-refractivity contribution is -0.117. The quantitative estimate of drug-likeness (QED) is 0.713. The Bertz CT molecular complexity index is 904. The summed E-state index contributed by atoms with van der Waals surface area (Å²) in [5, 5.41) is 0.977. The van der Waals surface area contributed by atoms with Crippen molar-refractivity contribution < 1.29 is 9.18 Å². The van der Waals surface area contributed by atoms with Crippen LogP contribution in [0.2, 0.25) is 0 Å². The lowest BCUT2D eigenvalue weighted by Crippen LogP contribution is -2.09. The lowest BCUT2D eigenvalue weighted by Gasteiger charge is -2.12. The van der Waals surface area contributed by atoms with Crippen molar-refractivity contribution in [2.45, 2.75) is 31.6 Å². The first-order valence-electron chi connectivity index (χ1n) is 8.18. The van der Waals surface area contributed by atoms with Crippen LogP contribution >= 0.6 is 0 Å². The van der Waals surface area contributed by atoms with E-state index in [0.717, 1.165) is 29.4 Å². The highest BCUT2D eigenvalue weighted by atomic mass is 19.1. The number of nitrogens with zero attached hydrogens (tertiary/aromatic N) is 2. The monoisotopic (exact) mass is 320 g/mol. The summed E-state index contributed by atoms with van der Waals surface area (Å²) >= 11 is 0. The van der Waals surface area contributed by atoms with Crippen LogP contribution in [0.3, 0.4) is 0 Å². The first kappa shape index (κ1) is 14.9. The number of ketones is 1. The molecular weight excluding hydrogens is 303 g/mol. The first-order chi connectivity index (χ1) is 11.7. The number of aromatic nitrogens is 2. The third-order valence-electron chi connectivity index (χ3n) is 4.45. The van der Waals surface area contributed by atoms with Crippen LogP contribution in [0.15, 0.2) is 48.9 Å². The molecule has 0 aliphatic heterocycles. The number of fused-ring (bicyclic) bond motifs is 1. The second-order valence-electron chi connectivity index (χ2n) is 6.39. The largest absolute Gasteiger partial charge is 0.299 e. The highest BCUT2D eigenvalue weighted by molar-refractivity contribution is 5.88. The van der Waals surface area contributed by atoms with E-state index < -0.39 is 0 Å². The number of halogens is 1. The third kappa shape index (κ3) is 3.04. The zero-order valence-corrected chi connectivity index (χ0v) is 13.2. The molecule has 0 saturated heterocycles. The molecule has 0 unspecified atom stereocenters. The van der Waals surface area contributed by atoms with Crippen molar-refractivity contribution in [2.24, 2.45) is 0 Å². The van der Waals surface area contributed by atoms with Crippen molar-refractivity contribution >= 4 is 16.7 Å². The fourth-order valence-corrected chi connectivity index (χ4v) is 3.23. The highest BCUT2D eigenvalue weighted by Gasteiger charge is 2.29. The Morgan fingerprint density at radius 1 is 1.17 bits per heavy atom. The molecule has 4 heteroatoms. The predicted octanol–water partition coefficient (Wildman–Crippen LogP) is 4.00. The summed E-state index contributed by atoms with van der Waals surface area (Å²) in [5.41, 5.74) is 3.75. The molecule has 0 spiro atoms. The van der Waals surface area contributed by atoms with Gasteiger partial charge in [0.15, 0.2) is 0 Å². The molecule has 120 valence electrons. The van der Waals surface area contributed by atoms with Crippen molar-refractivity contribution in [3.8, 4) is 0 Å². The van der Waals surface area contributed by atoms with E-state index in [0.29, 0.717) is 24.3 Å². The summed E-state index contributed by atoms with van der Waals surface area (Å²) in [6.45, 7) is 0. The van der Waals surface area contributed by atoms with Gasteiger partial charge in [-0.1, -0.05) is 6.07 Å². The zero-order chi connectivity index (χ0) is 16.5. The molecule has 24 heavy (non-hydrogen) atoms. The Morgan fingerprint density at radius 3 is 2.79 bits per heavy atom. The summed E-state index contributed by atoms with van der Waals surface area (Å²) in [6.07, 6.45) is 8.16. The molecule has 4 rings (SSSR count). The fourth-order valence-electron chi connectivity index (χ4n) is 3.23. The number of hydrogen-bond donors (Lipinski definition) is 0. The van der Waals surface area contributed by atoms with E-state index in [4.69, 9.17) is 0 Å². The van der Waals surface area contributed by atoms with Gasteiger partial charge >= 0.3 is 0 Å². The van der Waals surface area contributed by atoms with E-state index in [1.165, 1.54) is 17.7 Å². The van der Waals surface area contributed by atoms with Gasteiger partial charge in [-0.2, -0.15) is 0 Å². The third-order valence-corrected chi connectivity index (χ3v) is 4.45. The SMILES string of the molecule is O=C(Cc1cccnc1)Cc1cnc2cc(F)ccc2c1C1CC1. The van der Waals surface area contributed by atoms with Crippen LogP contribution in [0.1, 0.15) is 35.4 Å². The van der Waals surface area contributed by atoms with E-state index in [1.807, 2.05) is 12.1 Å². The molecule has 2 heterocycles. The number of rotatable bonds is 5. The van der Waals surface area contributed by atoms with Gasteiger partial charge in [-0.25, -0.2) is 4.39 Å². The maximum absolute atomic E-state index is 13.4. The molecule has 0 bridgehead atoms. The van der Waals surface area contributed by atoms with Crippen LogP contribution in [0.4, 0.5) is 4.39 Å². The Labute approximate surface area is 139 Å². The maximum Gasteiger partial charge on any atom is 0.141 e. The van der Waals surface area contributed by atoms with Crippen LogP contribution in [-0.4, -0.2) is 15.8 Å². The van der Waals surface area contributed by atoms with Crippen LogP contribution in [-0.2, 0) is 17.6 Å². The molecule has 1 aromatic carbocycles. The second kappa shape index (κ2) is 6.11. The summed E-state index contributed by atoms with van der Waals surface area (Å²) in [5.74, 6) is 0.340. The molecule has 0 atom stereocenters. The zero-order valence-electron chi connectivity index (χ0n) is 13.2. The molecular formula is C20H17FN2O. The molecule has 0 N–H and O–H groups in total. The maximum atomic E-state index is 13.4. The average molecular weight is 320 g/mol. The second-order valence-corrected chi connectivity index (χ2v) is 6.39. The van der Waals surface area contributed by atoms with Crippen molar-refractivity contribution in [1.29, 1.82) is 0 Å². The van der Waals surface area contributed by atoms with Gasteiger partial charge in [-0.15, -0.1) is 0 Å². The number of hydrogen-bond acceptors (Lipinski definition) is 3. The van der Waals surface area contributed by atoms with Gasteiger partial charge in [-0.05, 0) is 53.6 Å². The van der Waals surface area contributed by atoms with Gasteiger partial charge in [0.05, 0.1) is 5.52 Å². The fraction of sp³-hybridized carbons (Fsp3) is 0.250. The minimum Gasteiger partial charge on any atom is -0.299 e. The summed E-state index contributed by atoms with van der Waals surface area (Å²) in [7, 11) is 0. The summed E-state index contributed by atoms with van der Waals surface area (Å²) in [4.78, 5) is 20.9. The topological polar surface area (TPSA) is 42.9 Å². The van der Waals surface area contributed by atoms with Crippen LogP contribution < -0.4 is 0 Å². The molecule has 0 radical (unpaired) electrons. The number of Topliss-reactive ketones (excluding diaryl/α,β-unsaturated/α-hetero) is 1. The molecule has 1 aliphatic carbocycles. The smallest absolute Gasteiger partial charge is 0.141 e. The van der Waals surface area contributed by atoms with Gasteiger partial charge in [0.25, 0.3) is 0 Å². The van der Waals surface area contributed by atoms with Gasteiger partial charge in [-0.3, -0.25) is 14.8 Å². The number of benzene rings is 1. The number of carbonyl (C=O) groups excluding carboxylic acids is 1. The number of pyridine rings is 2. The van der Waals surface area contributed by atoms with Crippen molar-refractivity contribution in [3.63, 3.8) is 0 Å². The molecule has 3 aromatic rings. The Hall–Kier alpha value is -2.62. The van der Waals surface area contributed by atoms with Gasteiger partial charge in [0, 0.05) is 42.9 Å². The molecule has 1 saturated carbocycles. The van der Waals surface area contributed by atoms with E-state index >= 15 is 0 Å².